The van der Waals surface area contributed by atoms with Crippen LogP contribution in [0.3, 0.4) is 0 Å². The van der Waals surface area contributed by atoms with Gasteiger partial charge in [-0.25, -0.2) is 4.79 Å². The maximum atomic E-state index is 10.4. The fourth-order valence-corrected chi connectivity index (χ4v) is 0.648. The highest BCUT2D eigenvalue weighted by molar-refractivity contribution is 6.27. The fraction of sp³-hybridized carbons (Fsp3) is 0.800. The van der Waals surface area contributed by atoms with Gasteiger partial charge < -0.3 is 9.16 Å². The first-order valence-corrected chi connectivity index (χ1v) is 4.99. The van der Waals surface area contributed by atoms with Crippen LogP contribution in [-0.4, -0.2) is 22.0 Å². The molecule has 0 rings (SSSR count). The maximum Gasteiger partial charge on any atom is 0.494 e. The number of carbonyl (C=O) groups excluding carboxylic acids is 1. The van der Waals surface area contributed by atoms with Crippen LogP contribution in [0.2, 0.25) is 6.55 Å². The van der Waals surface area contributed by atoms with Crippen molar-refractivity contribution in [2.75, 3.05) is 0 Å². The first-order chi connectivity index (χ1) is 4.16. The summed E-state index contributed by atoms with van der Waals surface area (Å²) >= 11 is 0. The van der Waals surface area contributed by atoms with Crippen molar-refractivity contribution >= 4 is 15.9 Å². The molecule has 0 heterocycles. The molecular weight excluding hydrogens is 136 g/mol. The van der Waals surface area contributed by atoms with Crippen molar-refractivity contribution in [2.24, 2.45) is 0 Å². The highest BCUT2D eigenvalue weighted by Gasteiger charge is 2.02. The topological polar surface area (TPSA) is 35.5 Å². The minimum Gasteiger partial charge on any atom is -0.495 e. The predicted molar refractivity (Wildman–Crippen MR) is 37.1 cm³/mol. The van der Waals surface area contributed by atoms with E-state index in [1.54, 1.807) is 13.8 Å². The average molecular weight is 148 g/mol. The van der Waals surface area contributed by atoms with Gasteiger partial charge in [-0.15, -0.1) is 0 Å². The van der Waals surface area contributed by atoms with Gasteiger partial charge in [0.25, 0.3) is 0 Å². The van der Waals surface area contributed by atoms with Crippen molar-refractivity contribution < 1.29 is 14.0 Å². The molecule has 0 aliphatic rings. The fourth-order valence-electron chi connectivity index (χ4n) is 0.344. The standard InChI is InChI=1S/C5H12O3Si/c1-4(2)7-5(6)8-9-3/h4H,9H2,1-3H3. The van der Waals surface area contributed by atoms with Crippen LogP contribution in [-0.2, 0) is 9.16 Å². The van der Waals surface area contributed by atoms with Crippen LogP contribution >= 0.6 is 0 Å². The second-order valence-corrected chi connectivity index (χ2v) is 2.72. The average Bonchev–Trinajstić information content (AvgIpc) is 1.63. The summed E-state index contributed by atoms with van der Waals surface area (Å²) in [5.74, 6) is 0. The Bertz CT molecular complexity index is 92.2. The van der Waals surface area contributed by atoms with Crippen LogP contribution in [0.4, 0.5) is 4.79 Å². The van der Waals surface area contributed by atoms with Gasteiger partial charge in [0.05, 0.1) is 6.10 Å². The first-order valence-electron chi connectivity index (χ1n) is 3.00. The normalized spacial score (nSPS) is 10.7. The van der Waals surface area contributed by atoms with Gasteiger partial charge in [-0.05, 0) is 20.4 Å². The van der Waals surface area contributed by atoms with E-state index < -0.39 is 15.9 Å². The van der Waals surface area contributed by atoms with Crippen LogP contribution in [0.25, 0.3) is 0 Å². The van der Waals surface area contributed by atoms with Crippen molar-refractivity contribution in [1.82, 2.24) is 0 Å². The molecule has 0 unspecified atom stereocenters. The Labute approximate surface area is 57.3 Å². The molecule has 0 saturated heterocycles. The second kappa shape index (κ2) is 4.37. The summed E-state index contributed by atoms with van der Waals surface area (Å²) in [7, 11) is -0.651. The van der Waals surface area contributed by atoms with Crippen LogP contribution in [0.15, 0.2) is 0 Å². The van der Waals surface area contributed by atoms with Crippen molar-refractivity contribution in [3.05, 3.63) is 0 Å². The third-order valence-electron chi connectivity index (χ3n) is 0.594. The van der Waals surface area contributed by atoms with E-state index in [1.807, 2.05) is 6.55 Å². The summed E-state index contributed by atoms with van der Waals surface area (Å²) in [4.78, 5) is 10.4. The molecule has 0 amide bonds. The van der Waals surface area contributed by atoms with Gasteiger partial charge in [0.15, 0.2) is 0 Å². The molecule has 0 N–H and O–H groups in total. The molecule has 54 valence electrons. The molecule has 0 spiro atoms. The van der Waals surface area contributed by atoms with Gasteiger partial charge in [-0.3, -0.25) is 0 Å². The van der Waals surface area contributed by atoms with Crippen LogP contribution in [0, 0.1) is 0 Å². The number of ether oxygens (including phenoxy) is 1. The smallest absolute Gasteiger partial charge is 0.494 e. The molecule has 0 saturated carbocycles. The van der Waals surface area contributed by atoms with E-state index in [9.17, 15) is 4.79 Å². The minimum absolute atomic E-state index is 0.0713. The Morgan fingerprint density at radius 3 is 2.44 bits per heavy atom. The lowest BCUT2D eigenvalue weighted by molar-refractivity contribution is 0.0744. The summed E-state index contributed by atoms with van der Waals surface area (Å²) in [5, 5.41) is 0. The number of hydrogen-bond donors (Lipinski definition) is 0. The van der Waals surface area contributed by atoms with E-state index in [4.69, 9.17) is 0 Å². The maximum absolute atomic E-state index is 10.4. The van der Waals surface area contributed by atoms with Crippen molar-refractivity contribution in [1.29, 1.82) is 0 Å². The van der Waals surface area contributed by atoms with Gasteiger partial charge in [-0.2, -0.15) is 0 Å². The molecule has 0 aromatic rings. The number of carbonyl (C=O) groups is 1. The molecule has 3 nitrogen and oxygen atoms in total. The largest absolute Gasteiger partial charge is 0.495 e. The highest BCUT2D eigenvalue weighted by atomic mass is 28.2. The van der Waals surface area contributed by atoms with E-state index in [2.05, 4.69) is 9.16 Å². The zero-order valence-electron chi connectivity index (χ0n) is 6.01. The molecule has 0 fully saturated rings. The second-order valence-electron chi connectivity index (χ2n) is 1.85. The summed E-state index contributed by atoms with van der Waals surface area (Å²) in [5.41, 5.74) is 0. The summed E-state index contributed by atoms with van der Waals surface area (Å²) in [6, 6.07) is 0. The van der Waals surface area contributed by atoms with Crippen molar-refractivity contribution in [3.8, 4) is 0 Å². The molecule has 9 heavy (non-hydrogen) atoms. The Morgan fingerprint density at radius 1 is 1.56 bits per heavy atom. The lowest BCUT2D eigenvalue weighted by Gasteiger charge is -2.06. The van der Waals surface area contributed by atoms with Crippen LogP contribution < -0.4 is 0 Å². The van der Waals surface area contributed by atoms with E-state index in [1.165, 1.54) is 0 Å². The minimum atomic E-state index is -0.651. The van der Waals surface area contributed by atoms with Gasteiger partial charge in [0.2, 0.25) is 9.76 Å². The Morgan fingerprint density at radius 2 is 2.11 bits per heavy atom. The summed E-state index contributed by atoms with van der Waals surface area (Å²) < 4.78 is 9.29. The third kappa shape index (κ3) is 5.36. The monoisotopic (exact) mass is 148 g/mol. The third-order valence-corrected chi connectivity index (χ3v) is 1.12. The molecule has 4 heteroatoms. The molecule has 0 radical (unpaired) electrons. The van der Waals surface area contributed by atoms with Crippen molar-refractivity contribution in [3.63, 3.8) is 0 Å². The quantitative estimate of drug-likeness (QED) is 0.427. The highest BCUT2D eigenvalue weighted by Crippen LogP contribution is 1.90. The molecule has 0 bridgehead atoms. The SMILES string of the molecule is C[SiH2]OC(=O)OC(C)C. The van der Waals surface area contributed by atoms with Gasteiger partial charge in [0.1, 0.15) is 0 Å². The van der Waals surface area contributed by atoms with Crippen LogP contribution in [0.1, 0.15) is 13.8 Å². The van der Waals surface area contributed by atoms with E-state index >= 15 is 0 Å². The van der Waals surface area contributed by atoms with E-state index in [0.29, 0.717) is 0 Å². The number of hydrogen-bond acceptors (Lipinski definition) is 3. The molecule has 0 aliphatic heterocycles. The number of rotatable bonds is 2. The molecular formula is C5H12O3Si. The Hall–Kier alpha value is -0.513. The van der Waals surface area contributed by atoms with Gasteiger partial charge in [-0.1, -0.05) is 0 Å². The molecule has 0 aromatic carbocycles. The van der Waals surface area contributed by atoms with E-state index in [-0.39, 0.29) is 6.10 Å². The first kappa shape index (κ1) is 8.49. The predicted octanol–water partition coefficient (Wildman–Crippen LogP) is 0.680. The zero-order valence-corrected chi connectivity index (χ0v) is 7.42. The lowest BCUT2D eigenvalue weighted by atomic mass is 10.5. The van der Waals surface area contributed by atoms with Crippen LogP contribution in [0.5, 0.6) is 0 Å². The lowest BCUT2D eigenvalue weighted by Crippen LogP contribution is -2.13. The molecule has 0 atom stereocenters. The Kier molecular flexibility index (Phi) is 4.12. The van der Waals surface area contributed by atoms with Crippen molar-refractivity contribution in [2.45, 2.75) is 26.5 Å². The van der Waals surface area contributed by atoms with Gasteiger partial charge in [0, 0.05) is 0 Å². The summed E-state index contributed by atoms with van der Waals surface area (Å²) in [6.45, 7) is 5.46. The summed E-state index contributed by atoms with van der Waals surface area (Å²) in [6.07, 6.45) is -0.600. The molecule has 0 aliphatic carbocycles. The van der Waals surface area contributed by atoms with Gasteiger partial charge >= 0.3 is 6.16 Å². The Balaban J connectivity index is 3.27. The zero-order chi connectivity index (χ0) is 7.28. The molecule has 0 aromatic heterocycles. The van der Waals surface area contributed by atoms with E-state index in [0.717, 1.165) is 0 Å².